The Morgan fingerprint density at radius 3 is 2.58 bits per heavy atom. The van der Waals surface area contributed by atoms with E-state index in [-0.39, 0.29) is 29.8 Å². The molecule has 0 aromatic heterocycles. The highest BCUT2D eigenvalue weighted by molar-refractivity contribution is 5.97. The van der Waals surface area contributed by atoms with Crippen molar-refractivity contribution in [2.45, 2.75) is 65.5 Å². The minimum Gasteiger partial charge on any atom is -0.507 e. The lowest BCUT2D eigenvalue weighted by molar-refractivity contribution is -0.133. The summed E-state index contributed by atoms with van der Waals surface area (Å²) in [5, 5.41) is 24.2. The fraction of sp³-hybridized carbons (Fsp3) is 0.500. The minimum absolute atomic E-state index is 0.0657. The standard InChI is InChI=1S/C24H33NO6/c1-6-25-18-12-17-8-7-9-21(30-14(2)3)23(28)19(26)11-10-15(4)16(5)31-24(29)22(17)20(27)13-18/h7-8,10-16,21,23,25,27-28H,6,9H2,1-5H3/b8-7+,11-10-/t15-,16+,21+,23-/m1/s1. The number of phenolic OH excluding ortho intramolecular Hbond substituents is 1. The highest BCUT2D eigenvalue weighted by Gasteiger charge is 2.27. The molecular formula is C24H33NO6. The Bertz CT molecular complexity index is 845. The molecule has 7 nitrogen and oxygen atoms in total. The molecular weight excluding hydrogens is 398 g/mol. The Morgan fingerprint density at radius 2 is 1.94 bits per heavy atom. The molecule has 0 aliphatic carbocycles. The average Bonchev–Trinajstić information content (AvgIpc) is 2.69. The van der Waals surface area contributed by atoms with Gasteiger partial charge in [0.1, 0.15) is 23.5 Å². The molecule has 0 spiro atoms. The van der Waals surface area contributed by atoms with Crippen molar-refractivity contribution in [1.29, 1.82) is 0 Å². The number of carbonyl (C=O) groups excluding carboxylic acids is 2. The van der Waals surface area contributed by atoms with Crippen LogP contribution in [0.3, 0.4) is 0 Å². The molecule has 170 valence electrons. The summed E-state index contributed by atoms with van der Waals surface area (Å²) in [6.07, 6.45) is 3.73. The van der Waals surface area contributed by atoms with E-state index in [1.54, 1.807) is 38.1 Å². The van der Waals surface area contributed by atoms with Crippen molar-refractivity contribution in [2.24, 2.45) is 5.92 Å². The van der Waals surface area contributed by atoms with Crippen molar-refractivity contribution in [3.8, 4) is 5.75 Å². The van der Waals surface area contributed by atoms with Crippen LogP contribution in [-0.2, 0) is 14.3 Å². The predicted molar refractivity (Wildman–Crippen MR) is 120 cm³/mol. The molecule has 1 heterocycles. The zero-order valence-corrected chi connectivity index (χ0v) is 18.8. The first-order valence-corrected chi connectivity index (χ1v) is 10.7. The van der Waals surface area contributed by atoms with Gasteiger partial charge in [0.15, 0.2) is 5.78 Å². The van der Waals surface area contributed by atoms with Gasteiger partial charge in [-0.05, 0) is 51.8 Å². The van der Waals surface area contributed by atoms with Crippen molar-refractivity contribution in [1.82, 2.24) is 0 Å². The van der Waals surface area contributed by atoms with Gasteiger partial charge in [-0.25, -0.2) is 4.79 Å². The number of aromatic hydroxyl groups is 1. The third-order valence-electron chi connectivity index (χ3n) is 5.09. The van der Waals surface area contributed by atoms with Gasteiger partial charge in [-0.1, -0.05) is 25.2 Å². The van der Waals surface area contributed by atoms with Crippen molar-refractivity contribution < 1.29 is 29.3 Å². The largest absolute Gasteiger partial charge is 0.507 e. The molecule has 0 saturated carbocycles. The number of esters is 1. The molecule has 0 saturated heterocycles. The number of ether oxygens (including phenoxy) is 2. The third kappa shape index (κ3) is 6.67. The second kappa shape index (κ2) is 11.1. The Morgan fingerprint density at radius 1 is 1.23 bits per heavy atom. The van der Waals surface area contributed by atoms with Gasteiger partial charge in [0.25, 0.3) is 0 Å². The third-order valence-corrected chi connectivity index (χ3v) is 5.09. The average molecular weight is 432 g/mol. The second-order valence-electron chi connectivity index (χ2n) is 8.03. The van der Waals surface area contributed by atoms with Crippen molar-refractivity contribution in [2.75, 3.05) is 11.9 Å². The number of benzene rings is 1. The van der Waals surface area contributed by atoms with Gasteiger partial charge >= 0.3 is 5.97 Å². The van der Waals surface area contributed by atoms with E-state index in [2.05, 4.69) is 5.32 Å². The van der Waals surface area contributed by atoms with Gasteiger partial charge in [-0.3, -0.25) is 4.79 Å². The molecule has 2 rings (SSSR count). The molecule has 0 bridgehead atoms. The van der Waals surface area contributed by atoms with Gasteiger partial charge < -0.3 is 25.0 Å². The summed E-state index contributed by atoms with van der Waals surface area (Å²) in [5.74, 6) is -1.58. The van der Waals surface area contributed by atoms with E-state index in [1.165, 1.54) is 12.1 Å². The monoisotopic (exact) mass is 431 g/mol. The summed E-state index contributed by atoms with van der Waals surface area (Å²) in [6.45, 7) is 9.75. The molecule has 0 radical (unpaired) electrons. The van der Waals surface area contributed by atoms with Crippen LogP contribution in [0.2, 0.25) is 0 Å². The van der Waals surface area contributed by atoms with Crippen LogP contribution in [0, 0.1) is 5.92 Å². The first-order valence-electron chi connectivity index (χ1n) is 10.7. The Kier molecular flexibility index (Phi) is 8.83. The van der Waals surface area contributed by atoms with Crippen LogP contribution in [0.4, 0.5) is 5.69 Å². The van der Waals surface area contributed by atoms with Crippen LogP contribution >= 0.6 is 0 Å². The first kappa shape index (κ1) is 24.6. The quantitative estimate of drug-likeness (QED) is 0.624. The van der Waals surface area contributed by atoms with E-state index < -0.39 is 30.1 Å². The smallest absolute Gasteiger partial charge is 0.342 e. The molecule has 0 unspecified atom stereocenters. The molecule has 1 aliphatic heterocycles. The fourth-order valence-electron chi connectivity index (χ4n) is 3.27. The van der Waals surface area contributed by atoms with Gasteiger partial charge in [-0.15, -0.1) is 0 Å². The summed E-state index contributed by atoms with van der Waals surface area (Å²) < 4.78 is 11.3. The number of fused-ring (bicyclic) bond motifs is 1. The van der Waals surface area contributed by atoms with E-state index in [0.717, 1.165) is 0 Å². The van der Waals surface area contributed by atoms with Crippen molar-refractivity contribution in [3.05, 3.63) is 41.5 Å². The number of ketones is 1. The Balaban J connectivity index is 2.53. The number of aliphatic hydroxyl groups excluding tert-OH is 1. The number of hydrogen-bond donors (Lipinski definition) is 3. The highest BCUT2D eigenvalue weighted by atomic mass is 16.5. The maximum absolute atomic E-state index is 12.9. The zero-order chi connectivity index (χ0) is 23.1. The topological polar surface area (TPSA) is 105 Å². The molecule has 0 fully saturated rings. The summed E-state index contributed by atoms with van der Waals surface area (Å²) in [7, 11) is 0. The van der Waals surface area contributed by atoms with E-state index >= 15 is 0 Å². The molecule has 3 N–H and O–H groups in total. The molecule has 7 heteroatoms. The number of cyclic esters (lactones) is 1. The van der Waals surface area contributed by atoms with Crippen LogP contribution in [-0.4, -0.2) is 52.9 Å². The summed E-state index contributed by atoms with van der Waals surface area (Å²) in [6, 6.07) is 3.23. The van der Waals surface area contributed by atoms with E-state index in [9.17, 15) is 19.8 Å². The number of hydrogen-bond acceptors (Lipinski definition) is 7. The maximum atomic E-state index is 12.9. The summed E-state index contributed by atoms with van der Waals surface area (Å²) >= 11 is 0. The SMILES string of the molecule is CCNc1cc(O)c2c(c1)/C=C/C[C@H](OC(C)C)[C@H](O)C(=O)/C=C\[C@@H](C)[C@H](C)OC2=O. The highest BCUT2D eigenvalue weighted by Crippen LogP contribution is 2.30. The Labute approximate surface area is 183 Å². The molecule has 1 aromatic rings. The lowest BCUT2D eigenvalue weighted by atomic mass is 9.99. The predicted octanol–water partition coefficient (Wildman–Crippen LogP) is 3.70. The first-order chi connectivity index (χ1) is 14.6. The van der Waals surface area contributed by atoms with Gasteiger partial charge in [0.05, 0.1) is 12.2 Å². The van der Waals surface area contributed by atoms with Crippen LogP contribution in [0.15, 0.2) is 30.4 Å². The van der Waals surface area contributed by atoms with Crippen molar-refractivity contribution >= 4 is 23.5 Å². The molecule has 1 aromatic carbocycles. The molecule has 31 heavy (non-hydrogen) atoms. The Hall–Kier alpha value is -2.64. The van der Waals surface area contributed by atoms with Crippen molar-refractivity contribution in [3.63, 3.8) is 0 Å². The zero-order valence-electron chi connectivity index (χ0n) is 18.8. The number of rotatable bonds is 4. The maximum Gasteiger partial charge on any atom is 0.342 e. The number of aliphatic hydroxyl groups is 1. The molecule has 4 atom stereocenters. The lowest BCUT2D eigenvalue weighted by Crippen LogP contribution is -2.36. The van der Waals surface area contributed by atoms with E-state index in [4.69, 9.17) is 9.47 Å². The fourth-order valence-corrected chi connectivity index (χ4v) is 3.27. The lowest BCUT2D eigenvalue weighted by Gasteiger charge is -2.24. The number of nitrogens with one attached hydrogen (secondary N) is 1. The molecule has 0 amide bonds. The number of phenols is 1. The van der Waals surface area contributed by atoms with Crippen LogP contribution in [0.25, 0.3) is 6.08 Å². The van der Waals surface area contributed by atoms with Gasteiger partial charge in [0.2, 0.25) is 0 Å². The summed E-state index contributed by atoms with van der Waals surface area (Å²) in [5.41, 5.74) is 1.19. The number of carbonyl (C=O) groups is 2. The van der Waals surface area contributed by atoms with Gasteiger partial charge in [-0.2, -0.15) is 0 Å². The number of anilines is 1. The normalized spacial score (nSPS) is 27.2. The van der Waals surface area contributed by atoms with Gasteiger partial charge in [0, 0.05) is 24.2 Å². The van der Waals surface area contributed by atoms with Crippen LogP contribution in [0.5, 0.6) is 5.75 Å². The van der Waals surface area contributed by atoms with Crippen LogP contribution in [0.1, 0.15) is 57.0 Å². The summed E-state index contributed by atoms with van der Waals surface area (Å²) in [4.78, 5) is 25.3. The van der Waals surface area contributed by atoms with E-state index in [0.29, 0.717) is 17.8 Å². The minimum atomic E-state index is -1.32. The second-order valence-corrected chi connectivity index (χ2v) is 8.03. The molecule has 1 aliphatic rings. The van der Waals surface area contributed by atoms with E-state index in [1.807, 2.05) is 20.8 Å². The van der Waals surface area contributed by atoms with Crippen LogP contribution < -0.4 is 5.32 Å².